The molecular formula is C13H21NO4. The van der Waals surface area contributed by atoms with E-state index in [4.69, 9.17) is 10.2 Å². The lowest BCUT2D eigenvalue weighted by Gasteiger charge is -2.09. The fourth-order valence-corrected chi connectivity index (χ4v) is 1.28. The van der Waals surface area contributed by atoms with E-state index in [1.807, 2.05) is 20.8 Å². The molecule has 0 aromatic rings. The molecule has 1 atom stereocenters. The molecule has 18 heavy (non-hydrogen) atoms. The Balaban J connectivity index is 4.27. The maximum Gasteiger partial charge on any atom is 0.328 e. The minimum absolute atomic E-state index is 0.494. The first-order chi connectivity index (χ1) is 8.36. The number of hydrogen-bond acceptors (Lipinski definition) is 3. The fourth-order valence-electron chi connectivity index (χ4n) is 1.28. The summed E-state index contributed by atoms with van der Waals surface area (Å²) in [5, 5.41) is 19.6. The van der Waals surface area contributed by atoms with Crippen LogP contribution in [0.2, 0.25) is 0 Å². The highest BCUT2D eigenvalue weighted by Gasteiger charge is 2.17. The molecule has 0 aliphatic rings. The number of hydrogen-bond donors (Lipinski definition) is 3. The van der Waals surface area contributed by atoms with Crippen LogP contribution in [0.25, 0.3) is 0 Å². The molecule has 0 fully saturated rings. The van der Waals surface area contributed by atoms with Gasteiger partial charge in [0.25, 0.3) is 0 Å². The molecule has 0 aliphatic carbocycles. The Kier molecular flexibility index (Phi) is 7.71. The zero-order valence-corrected chi connectivity index (χ0v) is 11.1. The minimum atomic E-state index is -1.25. The quantitative estimate of drug-likeness (QED) is 0.472. The van der Waals surface area contributed by atoms with Crippen molar-refractivity contribution < 1.29 is 19.8 Å². The third-order valence-electron chi connectivity index (χ3n) is 2.27. The Morgan fingerprint density at radius 1 is 1.28 bits per heavy atom. The highest BCUT2D eigenvalue weighted by atomic mass is 16.4. The Bertz CT molecular complexity index is 354. The molecule has 1 unspecified atom stereocenters. The summed E-state index contributed by atoms with van der Waals surface area (Å²) in [4.78, 5) is 22.0. The van der Waals surface area contributed by atoms with Gasteiger partial charge in [0.15, 0.2) is 6.04 Å². The van der Waals surface area contributed by atoms with E-state index >= 15 is 0 Å². The zero-order chi connectivity index (χ0) is 14.1. The summed E-state index contributed by atoms with van der Waals surface area (Å²) in [7, 11) is 0. The van der Waals surface area contributed by atoms with Crippen molar-refractivity contribution in [3.63, 3.8) is 0 Å². The predicted octanol–water partition coefficient (Wildman–Crippen LogP) is 1.24. The lowest BCUT2D eigenvalue weighted by Crippen LogP contribution is -2.42. The normalized spacial score (nSPS) is 12.8. The van der Waals surface area contributed by atoms with E-state index in [0.29, 0.717) is 0 Å². The van der Waals surface area contributed by atoms with Crippen molar-refractivity contribution in [2.75, 3.05) is 6.61 Å². The van der Waals surface area contributed by atoms with E-state index in [2.05, 4.69) is 11.4 Å². The van der Waals surface area contributed by atoms with Crippen LogP contribution in [0, 0.1) is 0 Å². The van der Waals surface area contributed by atoms with E-state index in [-0.39, 0.29) is 0 Å². The van der Waals surface area contributed by atoms with E-state index in [9.17, 15) is 9.59 Å². The average molecular weight is 255 g/mol. The van der Waals surface area contributed by atoms with E-state index in [1.165, 1.54) is 11.6 Å². The number of aliphatic carboxylic acids is 1. The van der Waals surface area contributed by atoms with Crippen LogP contribution in [0.1, 0.15) is 33.6 Å². The van der Waals surface area contributed by atoms with Gasteiger partial charge in [-0.05, 0) is 33.6 Å². The SMILES string of the molecule is CC(C)=CCCC(C)=CC(=O)NC(CO)C(=O)O. The summed E-state index contributed by atoms with van der Waals surface area (Å²) in [6, 6.07) is -1.25. The number of carboxylic acid groups (broad SMARTS) is 1. The second-order valence-electron chi connectivity index (χ2n) is 4.39. The standard InChI is InChI=1S/C13H21NO4/c1-9(2)5-4-6-10(3)7-12(16)14-11(8-15)13(17)18/h5,7,11,15H,4,6,8H2,1-3H3,(H,14,16)(H,17,18). The fraction of sp³-hybridized carbons (Fsp3) is 0.538. The third kappa shape index (κ3) is 7.62. The van der Waals surface area contributed by atoms with Crippen molar-refractivity contribution in [2.24, 2.45) is 0 Å². The molecule has 0 radical (unpaired) electrons. The van der Waals surface area contributed by atoms with Crippen molar-refractivity contribution in [1.82, 2.24) is 5.32 Å². The van der Waals surface area contributed by atoms with Gasteiger partial charge in [0.2, 0.25) is 5.91 Å². The van der Waals surface area contributed by atoms with Gasteiger partial charge in [-0.3, -0.25) is 4.79 Å². The smallest absolute Gasteiger partial charge is 0.328 e. The summed E-state index contributed by atoms with van der Waals surface area (Å²) in [5.41, 5.74) is 2.09. The van der Waals surface area contributed by atoms with Crippen molar-refractivity contribution in [2.45, 2.75) is 39.7 Å². The van der Waals surface area contributed by atoms with Gasteiger partial charge in [-0.1, -0.05) is 17.2 Å². The topological polar surface area (TPSA) is 86.6 Å². The van der Waals surface area contributed by atoms with Gasteiger partial charge >= 0.3 is 5.97 Å². The maximum atomic E-state index is 11.4. The van der Waals surface area contributed by atoms with Crippen LogP contribution in [-0.2, 0) is 9.59 Å². The zero-order valence-electron chi connectivity index (χ0n) is 11.1. The predicted molar refractivity (Wildman–Crippen MR) is 69.1 cm³/mol. The van der Waals surface area contributed by atoms with Crippen molar-refractivity contribution in [1.29, 1.82) is 0 Å². The first kappa shape index (κ1) is 16.4. The Morgan fingerprint density at radius 2 is 1.89 bits per heavy atom. The third-order valence-corrected chi connectivity index (χ3v) is 2.27. The van der Waals surface area contributed by atoms with Gasteiger partial charge in [-0.15, -0.1) is 0 Å². The second kappa shape index (κ2) is 8.47. The van der Waals surface area contributed by atoms with Crippen molar-refractivity contribution in [3.8, 4) is 0 Å². The van der Waals surface area contributed by atoms with Gasteiger partial charge in [-0.25, -0.2) is 4.79 Å². The molecule has 0 heterocycles. The monoisotopic (exact) mass is 255 g/mol. The van der Waals surface area contributed by atoms with E-state index in [0.717, 1.165) is 18.4 Å². The van der Waals surface area contributed by atoms with E-state index < -0.39 is 24.5 Å². The summed E-state index contributed by atoms with van der Waals surface area (Å²) < 4.78 is 0. The molecule has 3 N–H and O–H groups in total. The van der Waals surface area contributed by atoms with Crippen molar-refractivity contribution in [3.05, 3.63) is 23.3 Å². The molecule has 0 aromatic heterocycles. The summed E-state index contributed by atoms with van der Waals surface area (Å²) >= 11 is 0. The Morgan fingerprint density at radius 3 is 2.33 bits per heavy atom. The number of aliphatic hydroxyl groups is 1. The number of nitrogens with one attached hydrogen (secondary N) is 1. The highest BCUT2D eigenvalue weighted by Crippen LogP contribution is 2.06. The lowest BCUT2D eigenvalue weighted by molar-refractivity contribution is -0.142. The molecule has 0 aliphatic heterocycles. The van der Waals surface area contributed by atoms with Crippen LogP contribution in [0.5, 0.6) is 0 Å². The largest absolute Gasteiger partial charge is 0.480 e. The Hall–Kier alpha value is -1.62. The number of carboxylic acids is 1. The van der Waals surface area contributed by atoms with Gasteiger partial charge in [0.1, 0.15) is 0 Å². The summed E-state index contributed by atoms with van der Waals surface area (Å²) in [5.74, 6) is -1.74. The first-order valence-corrected chi connectivity index (χ1v) is 5.81. The molecule has 0 saturated carbocycles. The molecule has 0 bridgehead atoms. The molecule has 0 rings (SSSR count). The van der Waals surface area contributed by atoms with Gasteiger partial charge in [0.05, 0.1) is 6.61 Å². The summed E-state index contributed by atoms with van der Waals surface area (Å²) in [6.07, 6.45) is 5.03. The highest BCUT2D eigenvalue weighted by molar-refractivity contribution is 5.91. The Labute approximate surface area is 107 Å². The van der Waals surface area contributed by atoms with Crippen LogP contribution in [-0.4, -0.2) is 34.7 Å². The number of rotatable bonds is 7. The van der Waals surface area contributed by atoms with Crippen LogP contribution >= 0.6 is 0 Å². The van der Waals surface area contributed by atoms with Crippen LogP contribution < -0.4 is 5.32 Å². The minimum Gasteiger partial charge on any atom is -0.480 e. The molecule has 5 heteroatoms. The number of amides is 1. The average Bonchev–Trinajstić information content (AvgIpc) is 2.24. The van der Waals surface area contributed by atoms with Gasteiger partial charge in [-0.2, -0.15) is 0 Å². The molecular weight excluding hydrogens is 234 g/mol. The summed E-state index contributed by atoms with van der Waals surface area (Å²) in [6.45, 7) is 5.20. The molecule has 0 aromatic carbocycles. The molecule has 102 valence electrons. The van der Waals surface area contributed by atoms with E-state index in [1.54, 1.807) is 0 Å². The van der Waals surface area contributed by atoms with Crippen LogP contribution in [0.4, 0.5) is 0 Å². The maximum absolute atomic E-state index is 11.4. The number of aliphatic hydroxyl groups excluding tert-OH is 1. The molecule has 5 nitrogen and oxygen atoms in total. The van der Waals surface area contributed by atoms with Gasteiger partial charge in [0, 0.05) is 6.08 Å². The van der Waals surface area contributed by atoms with Crippen LogP contribution in [0.15, 0.2) is 23.3 Å². The molecule has 1 amide bonds. The first-order valence-electron chi connectivity index (χ1n) is 5.81. The van der Waals surface area contributed by atoms with Gasteiger partial charge < -0.3 is 15.5 Å². The number of carbonyl (C=O) groups excluding carboxylic acids is 1. The lowest BCUT2D eigenvalue weighted by atomic mass is 10.1. The van der Waals surface area contributed by atoms with Crippen molar-refractivity contribution >= 4 is 11.9 Å². The number of carbonyl (C=O) groups is 2. The second-order valence-corrected chi connectivity index (χ2v) is 4.39. The molecule has 0 spiro atoms. The molecule has 0 saturated heterocycles. The number of allylic oxidation sites excluding steroid dienone is 3. The van der Waals surface area contributed by atoms with Crippen LogP contribution in [0.3, 0.4) is 0 Å².